The zero-order valence-corrected chi connectivity index (χ0v) is 11.3. The molecule has 0 unspecified atom stereocenters. The fourth-order valence-corrected chi connectivity index (χ4v) is 2.35. The minimum atomic E-state index is -0.101. The lowest BCUT2D eigenvalue weighted by atomic mass is 10.2. The van der Waals surface area contributed by atoms with Gasteiger partial charge in [-0.1, -0.05) is 17.7 Å². The minimum Gasteiger partial charge on any atom is -0.338 e. The number of nitrogens with zero attached hydrogens (tertiary/aromatic N) is 2. The number of hydrogen-bond donors (Lipinski definition) is 1. The summed E-state index contributed by atoms with van der Waals surface area (Å²) < 4.78 is 1.87. The van der Waals surface area contributed by atoms with E-state index in [1.54, 1.807) is 24.5 Å². The fourth-order valence-electron chi connectivity index (χ4n) is 2.12. The molecular formula is C15H12ClN3O. The number of pyridine rings is 1. The summed E-state index contributed by atoms with van der Waals surface area (Å²) in [7, 11) is 0. The van der Waals surface area contributed by atoms with E-state index >= 15 is 0 Å². The van der Waals surface area contributed by atoms with Crippen molar-refractivity contribution < 1.29 is 4.79 Å². The Bertz CT molecular complexity index is 752. The molecule has 2 aromatic heterocycles. The molecule has 0 atom stereocenters. The van der Waals surface area contributed by atoms with E-state index in [4.69, 9.17) is 11.6 Å². The normalized spacial score (nSPS) is 10.7. The van der Waals surface area contributed by atoms with Crippen LogP contribution in [0.4, 0.5) is 5.69 Å². The molecule has 3 aromatic rings. The third-order valence-corrected chi connectivity index (χ3v) is 3.35. The van der Waals surface area contributed by atoms with Gasteiger partial charge in [0.1, 0.15) is 6.54 Å². The van der Waals surface area contributed by atoms with Crippen molar-refractivity contribution in [2.45, 2.75) is 6.54 Å². The van der Waals surface area contributed by atoms with Gasteiger partial charge in [-0.3, -0.25) is 9.78 Å². The van der Waals surface area contributed by atoms with Crippen LogP contribution >= 0.6 is 11.6 Å². The van der Waals surface area contributed by atoms with Gasteiger partial charge in [0.25, 0.3) is 0 Å². The highest BCUT2D eigenvalue weighted by Crippen LogP contribution is 2.24. The Labute approximate surface area is 121 Å². The average molecular weight is 286 g/mol. The maximum absolute atomic E-state index is 12.0. The number of benzene rings is 1. The molecule has 0 spiro atoms. The van der Waals surface area contributed by atoms with Crippen molar-refractivity contribution in [2.75, 3.05) is 5.32 Å². The van der Waals surface area contributed by atoms with Crippen molar-refractivity contribution >= 4 is 34.1 Å². The second-order valence-electron chi connectivity index (χ2n) is 4.41. The first-order valence-corrected chi connectivity index (χ1v) is 6.55. The molecule has 1 aromatic carbocycles. The summed E-state index contributed by atoms with van der Waals surface area (Å²) in [5.41, 5.74) is 1.63. The zero-order valence-electron chi connectivity index (χ0n) is 10.6. The van der Waals surface area contributed by atoms with Gasteiger partial charge in [0.2, 0.25) is 5.91 Å². The van der Waals surface area contributed by atoms with Crippen LogP contribution < -0.4 is 5.32 Å². The molecule has 20 heavy (non-hydrogen) atoms. The smallest absolute Gasteiger partial charge is 0.244 e. The fraction of sp³-hybridized carbons (Fsp3) is 0.0667. The van der Waals surface area contributed by atoms with Gasteiger partial charge < -0.3 is 9.88 Å². The Kier molecular flexibility index (Phi) is 3.39. The van der Waals surface area contributed by atoms with E-state index in [1.807, 2.05) is 35.0 Å². The number of hydrogen-bond acceptors (Lipinski definition) is 2. The predicted octanol–water partition coefficient (Wildman–Crippen LogP) is 3.33. The number of aromatic nitrogens is 2. The van der Waals surface area contributed by atoms with Crippen molar-refractivity contribution in [3.63, 3.8) is 0 Å². The number of amides is 1. The van der Waals surface area contributed by atoms with Gasteiger partial charge in [-0.2, -0.15) is 0 Å². The van der Waals surface area contributed by atoms with E-state index in [2.05, 4.69) is 10.3 Å². The van der Waals surface area contributed by atoms with E-state index in [0.717, 1.165) is 10.9 Å². The molecule has 0 aliphatic rings. The third-order valence-electron chi connectivity index (χ3n) is 3.02. The molecule has 0 fully saturated rings. The van der Waals surface area contributed by atoms with Crippen LogP contribution in [-0.2, 0) is 11.3 Å². The summed E-state index contributed by atoms with van der Waals surface area (Å²) in [6, 6.07) is 11.1. The monoisotopic (exact) mass is 285 g/mol. The summed E-state index contributed by atoms with van der Waals surface area (Å²) >= 11 is 6.11. The van der Waals surface area contributed by atoms with Crippen LogP contribution in [0.5, 0.6) is 0 Å². The van der Waals surface area contributed by atoms with E-state index in [1.165, 1.54) is 0 Å². The van der Waals surface area contributed by atoms with Crippen molar-refractivity contribution in [3.05, 3.63) is 60.0 Å². The van der Waals surface area contributed by atoms with Gasteiger partial charge >= 0.3 is 0 Å². The van der Waals surface area contributed by atoms with Crippen molar-refractivity contribution in [1.29, 1.82) is 0 Å². The molecule has 0 bridgehead atoms. The second kappa shape index (κ2) is 5.35. The van der Waals surface area contributed by atoms with Crippen molar-refractivity contribution in [1.82, 2.24) is 9.55 Å². The molecule has 3 rings (SSSR count). The molecule has 0 radical (unpaired) electrons. The molecule has 2 heterocycles. The minimum absolute atomic E-state index is 0.101. The van der Waals surface area contributed by atoms with Crippen LogP contribution in [0.2, 0.25) is 5.02 Å². The Morgan fingerprint density at radius 3 is 2.95 bits per heavy atom. The highest BCUT2D eigenvalue weighted by Gasteiger charge is 2.08. The zero-order chi connectivity index (χ0) is 13.9. The van der Waals surface area contributed by atoms with Crippen LogP contribution in [-0.4, -0.2) is 15.5 Å². The highest BCUT2D eigenvalue weighted by atomic mass is 35.5. The molecule has 1 N–H and O–H groups in total. The lowest BCUT2D eigenvalue weighted by Crippen LogP contribution is -2.18. The summed E-state index contributed by atoms with van der Waals surface area (Å²) in [4.78, 5) is 16.0. The maximum atomic E-state index is 12.0. The molecule has 100 valence electrons. The van der Waals surface area contributed by atoms with E-state index in [9.17, 15) is 4.79 Å². The first-order chi connectivity index (χ1) is 9.74. The van der Waals surface area contributed by atoms with Crippen LogP contribution in [0.3, 0.4) is 0 Å². The molecule has 0 aliphatic carbocycles. The van der Waals surface area contributed by atoms with Crippen molar-refractivity contribution in [3.8, 4) is 0 Å². The van der Waals surface area contributed by atoms with Gasteiger partial charge in [0.15, 0.2) is 0 Å². The second-order valence-corrected chi connectivity index (χ2v) is 4.81. The molecule has 5 heteroatoms. The highest BCUT2D eigenvalue weighted by molar-refractivity contribution is 6.35. The quantitative estimate of drug-likeness (QED) is 0.802. The summed E-state index contributed by atoms with van der Waals surface area (Å²) in [5.74, 6) is -0.101. The first-order valence-electron chi connectivity index (χ1n) is 6.17. The van der Waals surface area contributed by atoms with E-state index in [0.29, 0.717) is 10.7 Å². The number of nitrogens with one attached hydrogen (secondary N) is 1. The summed E-state index contributed by atoms with van der Waals surface area (Å²) in [6.45, 7) is 0.235. The van der Waals surface area contributed by atoms with Crippen LogP contribution in [0.25, 0.3) is 10.9 Å². The van der Waals surface area contributed by atoms with Gasteiger partial charge in [-0.15, -0.1) is 0 Å². The topological polar surface area (TPSA) is 46.9 Å². The molecule has 0 aliphatic heterocycles. The van der Waals surface area contributed by atoms with E-state index < -0.39 is 0 Å². The number of halogens is 1. The lowest BCUT2D eigenvalue weighted by Gasteiger charge is -2.07. The first kappa shape index (κ1) is 12.7. The number of anilines is 1. The Morgan fingerprint density at radius 1 is 1.25 bits per heavy atom. The number of carbonyl (C=O) groups excluding carboxylic acids is 1. The van der Waals surface area contributed by atoms with E-state index in [-0.39, 0.29) is 12.5 Å². The Morgan fingerprint density at radius 2 is 2.15 bits per heavy atom. The number of fused-ring (bicyclic) bond motifs is 1. The van der Waals surface area contributed by atoms with Crippen LogP contribution in [0, 0.1) is 0 Å². The standard InChI is InChI=1S/C15H12ClN3O/c16-13-4-1-5-14-12(13)6-8-19(14)10-15(20)18-11-3-2-7-17-9-11/h1-9H,10H2,(H,18,20). The van der Waals surface area contributed by atoms with Gasteiger partial charge in [-0.25, -0.2) is 0 Å². The Balaban J connectivity index is 1.80. The van der Waals surface area contributed by atoms with Crippen LogP contribution in [0.15, 0.2) is 55.0 Å². The average Bonchev–Trinajstić information content (AvgIpc) is 2.84. The van der Waals surface area contributed by atoms with Gasteiger partial charge in [0, 0.05) is 28.3 Å². The molecule has 1 amide bonds. The van der Waals surface area contributed by atoms with Crippen molar-refractivity contribution in [2.24, 2.45) is 0 Å². The maximum Gasteiger partial charge on any atom is 0.244 e. The molecule has 0 saturated carbocycles. The largest absolute Gasteiger partial charge is 0.338 e. The molecule has 0 saturated heterocycles. The molecular weight excluding hydrogens is 274 g/mol. The predicted molar refractivity (Wildman–Crippen MR) is 79.8 cm³/mol. The summed E-state index contributed by atoms with van der Waals surface area (Å²) in [5, 5.41) is 4.44. The SMILES string of the molecule is O=C(Cn1ccc2c(Cl)cccc21)Nc1cccnc1. The number of rotatable bonds is 3. The summed E-state index contributed by atoms with van der Waals surface area (Å²) in [6.07, 6.45) is 5.14. The number of carbonyl (C=O) groups is 1. The molecule has 4 nitrogen and oxygen atoms in total. The third kappa shape index (κ3) is 2.51. The van der Waals surface area contributed by atoms with Crippen LogP contribution in [0.1, 0.15) is 0 Å². The Hall–Kier alpha value is -2.33. The lowest BCUT2D eigenvalue weighted by molar-refractivity contribution is -0.116. The van der Waals surface area contributed by atoms with Gasteiger partial charge in [-0.05, 0) is 30.3 Å². The van der Waals surface area contributed by atoms with Gasteiger partial charge in [0.05, 0.1) is 11.9 Å².